The molecule has 0 radical (unpaired) electrons. The maximum atomic E-state index is 5.60. The Morgan fingerprint density at radius 3 is 2.22 bits per heavy atom. The van der Waals surface area contributed by atoms with Crippen LogP contribution in [0, 0.1) is 0 Å². The first-order chi connectivity index (χ1) is 8.74. The van der Waals surface area contributed by atoms with Crippen LogP contribution in [0.2, 0.25) is 0 Å². The minimum absolute atomic E-state index is 0.623. The number of nitrogens with zero attached hydrogens (tertiary/aromatic N) is 1. The number of nitrogens with two attached hydrogens (primary N) is 2. The third-order valence-corrected chi connectivity index (χ3v) is 2.78. The van der Waals surface area contributed by atoms with Crippen LogP contribution in [0.25, 0.3) is 0 Å². The minimum Gasteiger partial charge on any atom is -0.497 e. The predicted octanol–water partition coefficient (Wildman–Crippen LogP) is 0.423. The van der Waals surface area contributed by atoms with Gasteiger partial charge in [0, 0.05) is 44.4 Å². The number of hydrogen-bond donors (Lipinski definition) is 2. The van der Waals surface area contributed by atoms with Crippen molar-refractivity contribution in [2.75, 3.05) is 40.4 Å². The highest BCUT2D eigenvalue weighted by Crippen LogP contribution is 2.25. The second-order valence-corrected chi connectivity index (χ2v) is 4.03. The molecule has 4 N–H and O–H groups in total. The monoisotopic (exact) mass is 253 g/mol. The van der Waals surface area contributed by atoms with Gasteiger partial charge in [0.2, 0.25) is 0 Å². The molecule has 0 spiro atoms. The summed E-state index contributed by atoms with van der Waals surface area (Å²) in [6, 6.07) is 5.83. The minimum atomic E-state index is 0.623. The SMILES string of the molecule is COc1ccc(CN(CCN)CCN)c(OC)c1. The lowest BCUT2D eigenvalue weighted by Crippen LogP contribution is -2.33. The molecule has 0 heterocycles. The Hall–Kier alpha value is -1.30. The maximum absolute atomic E-state index is 5.60. The van der Waals surface area contributed by atoms with Gasteiger partial charge in [-0.05, 0) is 6.07 Å². The molecule has 0 atom stereocenters. The average Bonchev–Trinajstić information content (AvgIpc) is 2.39. The first-order valence-electron chi connectivity index (χ1n) is 6.08. The predicted molar refractivity (Wildman–Crippen MR) is 72.9 cm³/mol. The third-order valence-electron chi connectivity index (χ3n) is 2.78. The van der Waals surface area contributed by atoms with Crippen molar-refractivity contribution in [2.45, 2.75) is 6.54 Å². The summed E-state index contributed by atoms with van der Waals surface area (Å²) in [6.45, 7) is 3.68. The Morgan fingerprint density at radius 2 is 1.72 bits per heavy atom. The molecule has 0 amide bonds. The quantitative estimate of drug-likeness (QED) is 0.702. The van der Waals surface area contributed by atoms with E-state index < -0.39 is 0 Å². The zero-order valence-electron chi connectivity index (χ0n) is 11.2. The molecule has 0 aromatic heterocycles. The molecule has 1 rings (SSSR count). The van der Waals surface area contributed by atoms with E-state index in [-0.39, 0.29) is 0 Å². The van der Waals surface area contributed by atoms with Crippen molar-refractivity contribution >= 4 is 0 Å². The Morgan fingerprint density at radius 1 is 1.06 bits per heavy atom. The Labute approximate surface area is 109 Å². The van der Waals surface area contributed by atoms with E-state index >= 15 is 0 Å². The molecule has 0 unspecified atom stereocenters. The molecular formula is C13H23N3O2. The molecule has 1 aromatic carbocycles. The number of methoxy groups -OCH3 is 2. The van der Waals surface area contributed by atoms with Crippen molar-refractivity contribution in [2.24, 2.45) is 11.5 Å². The van der Waals surface area contributed by atoms with Gasteiger partial charge >= 0.3 is 0 Å². The smallest absolute Gasteiger partial charge is 0.127 e. The zero-order valence-corrected chi connectivity index (χ0v) is 11.2. The molecule has 5 heteroatoms. The fraction of sp³-hybridized carbons (Fsp3) is 0.538. The highest BCUT2D eigenvalue weighted by atomic mass is 16.5. The van der Waals surface area contributed by atoms with Crippen LogP contribution in [0.1, 0.15) is 5.56 Å². The van der Waals surface area contributed by atoms with Crippen molar-refractivity contribution in [3.05, 3.63) is 23.8 Å². The number of hydrogen-bond acceptors (Lipinski definition) is 5. The largest absolute Gasteiger partial charge is 0.497 e. The second kappa shape index (κ2) is 7.92. The summed E-state index contributed by atoms with van der Waals surface area (Å²) in [5.41, 5.74) is 12.3. The lowest BCUT2D eigenvalue weighted by Gasteiger charge is -2.22. The molecule has 0 aliphatic rings. The molecule has 0 saturated heterocycles. The van der Waals surface area contributed by atoms with Crippen LogP contribution >= 0.6 is 0 Å². The van der Waals surface area contributed by atoms with E-state index in [0.29, 0.717) is 13.1 Å². The van der Waals surface area contributed by atoms with Crippen LogP contribution in [-0.4, -0.2) is 45.3 Å². The summed E-state index contributed by atoms with van der Waals surface area (Å²) in [4.78, 5) is 2.21. The molecule has 0 bridgehead atoms. The lowest BCUT2D eigenvalue weighted by atomic mass is 10.1. The van der Waals surface area contributed by atoms with E-state index in [4.69, 9.17) is 20.9 Å². The fourth-order valence-electron chi connectivity index (χ4n) is 1.86. The normalized spacial score (nSPS) is 10.7. The molecule has 5 nitrogen and oxygen atoms in total. The summed E-state index contributed by atoms with van der Waals surface area (Å²) >= 11 is 0. The number of ether oxygens (including phenoxy) is 2. The maximum Gasteiger partial charge on any atom is 0.127 e. The number of benzene rings is 1. The van der Waals surface area contributed by atoms with Gasteiger partial charge < -0.3 is 20.9 Å². The van der Waals surface area contributed by atoms with Crippen LogP contribution in [0.15, 0.2) is 18.2 Å². The van der Waals surface area contributed by atoms with E-state index in [0.717, 1.165) is 36.7 Å². The topological polar surface area (TPSA) is 73.7 Å². The highest BCUT2D eigenvalue weighted by molar-refractivity contribution is 5.40. The third kappa shape index (κ3) is 4.18. The zero-order chi connectivity index (χ0) is 13.4. The van der Waals surface area contributed by atoms with E-state index in [1.807, 2.05) is 18.2 Å². The van der Waals surface area contributed by atoms with Gasteiger partial charge in [-0.3, -0.25) is 4.90 Å². The van der Waals surface area contributed by atoms with Crippen molar-refractivity contribution < 1.29 is 9.47 Å². The van der Waals surface area contributed by atoms with E-state index in [1.54, 1.807) is 14.2 Å². The Balaban J connectivity index is 2.80. The molecule has 0 saturated carbocycles. The standard InChI is InChI=1S/C13H23N3O2/c1-17-12-4-3-11(13(9-12)18-2)10-16(7-5-14)8-6-15/h3-4,9H,5-8,10,14-15H2,1-2H3. The first kappa shape index (κ1) is 14.8. The average molecular weight is 253 g/mol. The fourth-order valence-corrected chi connectivity index (χ4v) is 1.86. The molecule has 0 aliphatic heterocycles. The van der Waals surface area contributed by atoms with Crippen LogP contribution in [-0.2, 0) is 6.54 Å². The highest BCUT2D eigenvalue weighted by Gasteiger charge is 2.09. The van der Waals surface area contributed by atoms with E-state index in [9.17, 15) is 0 Å². The molecule has 0 fully saturated rings. The van der Waals surface area contributed by atoms with Gasteiger partial charge in [0.15, 0.2) is 0 Å². The van der Waals surface area contributed by atoms with Gasteiger partial charge in [0.1, 0.15) is 11.5 Å². The first-order valence-corrected chi connectivity index (χ1v) is 6.08. The van der Waals surface area contributed by atoms with Gasteiger partial charge in [-0.15, -0.1) is 0 Å². The van der Waals surface area contributed by atoms with Gasteiger partial charge in [-0.25, -0.2) is 0 Å². The Bertz CT molecular complexity index is 352. The van der Waals surface area contributed by atoms with Crippen LogP contribution in [0.3, 0.4) is 0 Å². The van der Waals surface area contributed by atoms with Crippen molar-refractivity contribution in [3.8, 4) is 11.5 Å². The molecule has 18 heavy (non-hydrogen) atoms. The lowest BCUT2D eigenvalue weighted by molar-refractivity contribution is 0.275. The van der Waals surface area contributed by atoms with Gasteiger partial charge in [-0.2, -0.15) is 0 Å². The van der Waals surface area contributed by atoms with Gasteiger partial charge in [-0.1, -0.05) is 6.07 Å². The molecule has 102 valence electrons. The van der Waals surface area contributed by atoms with Crippen LogP contribution < -0.4 is 20.9 Å². The summed E-state index contributed by atoms with van der Waals surface area (Å²) in [6.07, 6.45) is 0. The van der Waals surface area contributed by atoms with Crippen LogP contribution in [0.5, 0.6) is 11.5 Å². The van der Waals surface area contributed by atoms with E-state index in [2.05, 4.69) is 4.90 Å². The van der Waals surface area contributed by atoms with Gasteiger partial charge in [0.25, 0.3) is 0 Å². The van der Waals surface area contributed by atoms with Gasteiger partial charge in [0.05, 0.1) is 14.2 Å². The second-order valence-electron chi connectivity index (χ2n) is 4.03. The Kier molecular flexibility index (Phi) is 6.49. The summed E-state index contributed by atoms with van der Waals surface area (Å²) in [7, 11) is 3.30. The summed E-state index contributed by atoms with van der Waals surface area (Å²) in [5, 5.41) is 0. The van der Waals surface area contributed by atoms with Crippen LogP contribution in [0.4, 0.5) is 0 Å². The molecule has 1 aromatic rings. The van der Waals surface area contributed by atoms with Crippen molar-refractivity contribution in [3.63, 3.8) is 0 Å². The summed E-state index contributed by atoms with van der Waals surface area (Å²) in [5.74, 6) is 1.62. The van der Waals surface area contributed by atoms with Crippen molar-refractivity contribution in [1.82, 2.24) is 4.90 Å². The summed E-state index contributed by atoms with van der Waals surface area (Å²) < 4.78 is 10.6. The van der Waals surface area contributed by atoms with Crippen molar-refractivity contribution in [1.29, 1.82) is 0 Å². The molecular weight excluding hydrogens is 230 g/mol. The molecule has 0 aliphatic carbocycles. The van der Waals surface area contributed by atoms with E-state index in [1.165, 1.54) is 0 Å². The number of rotatable bonds is 8.